The highest BCUT2D eigenvalue weighted by molar-refractivity contribution is 7.14. The summed E-state index contributed by atoms with van der Waals surface area (Å²) < 4.78 is 2.13. The van der Waals surface area contributed by atoms with Gasteiger partial charge in [-0.05, 0) is 32.8 Å². The number of thiazole rings is 1. The average Bonchev–Trinajstić information content (AvgIpc) is 3.15. The molecule has 25 heavy (non-hydrogen) atoms. The van der Waals surface area contributed by atoms with Crippen LogP contribution in [-0.2, 0) is 16.6 Å². The van der Waals surface area contributed by atoms with Crippen LogP contribution in [0.5, 0.6) is 0 Å². The maximum absolute atomic E-state index is 12.5. The minimum absolute atomic E-state index is 0.00469. The van der Waals surface area contributed by atoms with Crippen LogP contribution in [0.2, 0.25) is 0 Å². The molecule has 0 aromatic carbocycles. The number of aryl methyl sites for hydroxylation is 1. The number of hydrogen-bond donors (Lipinski definition) is 1. The number of piperidine rings is 1. The number of aromatic nitrogens is 2. The molecule has 7 heteroatoms. The molecule has 6 nitrogen and oxygen atoms in total. The van der Waals surface area contributed by atoms with Gasteiger partial charge in [0, 0.05) is 55.3 Å². The Bertz CT molecular complexity index is 800. The first-order chi connectivity index (χ1) is 11.9. The standard InChI is InChI=1S/C18H24N4O2S/c1-11-9-15(12(2)21(11)4)16-10-25-18(19-16)20-17(24)14-5-7-22(8-6-14)13(3)23/h9-10,14H,5-8H2,1-4H3,(H,19,20,24). The van der Waals surface area contributed by atoms with E-state index in [1.54, 1.807) is 11.8 Å². The molecule has 1 saturated heterocycles. The van der Waals surface area contributed by atoms with Gasteiger partial charge in [-0.15, -0.1) is 11.3 Å². The first-order valence-electron chi connectivity index (χ1n) is 8.52. The van der Waals surface area contributed by atoms with Crippen molar-refractivity contribution < 1.29 is 9.59 Å². The van der Waals surface area contributed by atoms with Crippen LogP contribution in [0.15, 0.2) is 11.4 Å². The minimum Gasteiger partial charge on any atom is -0.351 e. The summed E-state index contributed by atoms with van der Waals surface area (Å²) in [5, 5.41) is 5.56. The van der Waals surface area contributed by atoms with E-state index in [1.165, 1.54) is 17.0 Å². The molecule has 0 saturated carbocycles. The molecule has 2 amide bonds. The Balaban J connectivity index is 1.64. The fraction of sp³-hybridized carbons (Fsp3) is 0.500. The number of rotatable bonds is 3. The third kappa shape index (κ3) is 3.61. The van der Waals surface area contributed by atoms with E-state index in [1.807, 2.05) is 12.4 Å². The topological polar surface area (TPSA) is 67.2 Å². The van der Waals surface area contributed by atoms with Crippen LogP contribution in [0.3, 0.4) is 0 Å². The van der Waals surface area contributed by atoms with E-state index in [2.05, 4.69) is 34.8 Å². The summed E-state index contributed by atoms with van der Waals surface area (Å²) in [6, 6.07) is 2.12. The van der Waals surface area contributed by atoms with Crippen molar-refractivity contribution in [1.82, 2.24) is 14.5 Å². The molecule has 1 N–H and O–H groups in total. The van der Waals surface area contributed by atoms with Crippen molar-refractivity contribution in [1.29, 1.82) is 0 Å². The Kier molecular flexibility index (Phi) is 4.94. The average molecular weight is 360 g/mol. The maximum Gasteiger partial charge on any atom is 0.229 e. The lowest BCUT2D eigenvalue weighted by Gasteiger charge is -2.30. The molecule has 1 fully saturated rings. The van der Waals surface area contributed by atoms with Gasteiger partial charge in [-0.3, -0.25) is 9.59 Å². The molecule has 0 spiro atoms. The summed E-state index contributed by atoms with van der Waals surface area (Å²) >= 11 is 1.45. The highest BCUT2D eigenvalue weighted by atomic mass is 32.1. The molecule has 0 unspecified atom stereocenters. The maximum atomic E-state index is 12.5. The molecule has 0 atom stereocenters. The molecular weight excluding hydrogens is 336 g/mol. The van der Waals surface area contributed by atoms with Gasteiger partial charge in [-0.1, -0.05) is 0 Å². The van der Waals surface area contributed by atoms with Crippen molar-refractivity contribution in [3.63, 3.8) is 0 Å². The van der Waals surface area contributed by atoms with Gasteiger partial charge < -0.3 is 14.8 Å². The highest BCUT2D eigenvalue weighted by Crippen LogP contribution is 2.30. The molecule has 0 aliphatic carbocycles. The zero-order valence-corrected chi connectivity index (χ0v) is 15.9. The second-order valence-corrected chi connectivity index (χ2v) is 7.51. The van der Waals surface area contributed by atoms with Crippen LogP contribution in [0.4, 0.5) is 5.13 Å². The van der Waals surface area contributed by atoms with Gasteiger partial charge in [-0.2, -0.15) is 0 Å². The van der Waals surface area contributed by atoms with Crippen molar-refractivity contribution in [2.24, 2.45) is 13.0 Å². The lowest BCUT2D eigenvalue weighted by atomic mass is 9.96. The number of amides is 2. The summed E-state index contributed by atoms with van der Waals surface area (Å²) in [7, 11) is 2.04. The van der Waals surface area contributed by atoms with Gasteiger partial charge in [-0.25, -0.2) is 4.98 Å². The van der Waals surface area contributed by atoms with E-state index >= 15 is 0 Å². The fourth-order valence-corrected chi connectivity index (χ4v) is 3.95. The summed E-state index contributed by atoms with van der Waals surface area (Å²) in [5.41, 5.74) is 4.35. The third-order valence-electron chi connectivity index (χ3n) is 5.10. The van der Waals surface area contributed by atoms with Gasteiger partial charge in [0.05, 0.1) is 5.69 Å². The SMILES string of the molecule is CC(=O)N1CCC(C(=O)Nc2nc(-c3cc(C)n(C)c3C)cs2)CC1. The van der Waals surface area contributed by atoms with Gasteiger partial charge >= 0.3 is 0 Å². The number of nitrogens with one attached hydrogen (secondary N) is 1. The lowest BCUT2D eigenvalue weighted by Crippen LogP contribution is -2.40. The first kappa shape index (κ1) is 17.7. The van der Waals surface area contributed by atoms with Crippen LogP contribution in [0, 0.1) is 19.8 Å². The highest BCUT2D eigenvalue weighted by Gasteiger charge is 2.26. The van der Waals surface area contributed by atoms with E-state index in [0.717, 1.165) is 17.0 Å². The number of hydrogen-bond acceptors (Lipinski definition) is 4. The summed E-state index contributed by atoms with van der Waals surface area (Å²) in [6.45, 7) is 7.02. The van der Waals surface area contributed by atoms with Crippen LogP contribution in [-0.4, -0.2) is 39.4 Å². The van der Waals surface area contributed by atoms with E-state index in [0.29, 0.717) is 31.1 Å². The van der Waals surface area contributed by atoms with Crippen molar-refractivity contribution in [3.05, 3.63) is 22.8 Å². The molecule has 134 valence electrons. The molecule has 1 aliphatic rings. The molecule has 3 heterocycles. The van der Waals surface area contributed by atoms with E-state index in [9.17, 15) is 9.59 Å². The Labute approximate surface area is 151 Å². The number of carbonyl (C=O) groups excluding carboxylic acids is 2. The van der Waals surface area contributed by atoms with Crippen molar-refractivity contribution in [3.8, 4) is 11.3 Å². The van der Waals surface area contributed by atoms with Gasteiger partial charge in [0.1, 0.15) is 0 Å². The summed E-state index contributed by atoms with van der Waals surface area (Å²) in [4.78, 5) is 30.2. The number of nitrogens with zero attached hydrogens (tertiary/aromatic N) is 3. The van der Waals surface area contributed by atoms with Crippen LogP contribution in [0.25, 0.3) is 11.3 Å². The lowest BCUT2D eigenvalue weighted by molar-refractivity contribution is -0.132. The van der Waals surface area contributed by atoms with Crippen molar-refractivity contribution in [2.45, 2.75) is 33.6 Å². The van der Waals surface area contributed by atoms with E-state index in [-0.39, 0.29) is 17.7 Å². The predicted molar refractivity (Wildman–Crippen MR) is 99.6 cm³/mol. The fourth-order valence-electron chi connectivity index (χ4n) is 3.23. The molecule has 3 rings (SSSR count). The Morgan fingerprint density at radius 3 is 2.52 bits per heavy atom. The zero-order chi connectivity index (χ0) is 18.1. The molecule has 2 aromatic rings. The Hall–Kier alpha value is -2.15. The largest absolute Gasteiger partial charge is 0.351 e. The van der Waals surface area contributed by atoms with Crippen molar-refractivity contribution >= 4 is 28.3 Å². The minimum atomic E-state index is -0.0522. The summed E-state index contributed by atoms with van der Waals surface area (Å²) in [6.07, 6.45) is 1.42. The van der Waals surface area contributed by atoms with Crippen LogP contribution < -0.4 is 5.32 Å². The van der Waals surface area contributed by atoms with Gasteiger partial charge in [0.2, 0.25) is 11.8 Å². The smallest absolute Gasteiger partial charge is 0.229 e. The Morgan fingerprint density at radius 2 is 1.96 bits per heavy atom. The van der Waals surface area contributed by atoms with Crippen LogP contribution >= 0.6 is 11.3 Å². The molecule has 2 aromatic heterocycles. The number of likely N-dealkylation sites (tertiary alicyclic amines) is 1. The van der Waals surface area contributed by atoms with E-state index in [4.69, 9.17) is 0 Å². The van der Waals surface area contributed by atoms with E-state index < -0.39 is 0 Å². The van der Waals surface area contributed by atoms with Crippen molar-refractivity contribution in [2.75, 3.05) is 18.4 Å². The molecule has 0 radical (unpaired) electrons. The van der Waals surface area contributed by atoms with Gasteiger partial charge in [0.25, 0.3) is 0 Å². The molecule has 1 aliphatic heterocycles. The number of carbonyl (C=O) groups is 2. The normalized spacial score (nSPS) is 15.4. The quantitative estimate of drug-likeness (QED) is 0.915. The predicted octanol–water partition coefficient (Wildman–Crippen LogP) is 2.96. The zero-order valence-electron chi connectivity index (χ0n) is 15.1. The molecular formula is C18H24N4O2S. The molecule has 0 bridgehead atoms. The van der Waals surface area contributed by atoms with Crippen LogP contribution in [0.1, 0.15) is 31.2 Å². The monoisotopic (exact) mass is 360 g/mol. The first-order valence-corrected chi connectivity index (χ1v) is 9.40. The summed E-state index contributed by atoms with van der Waals surface area (Å²) in [5.74, 6) is 0.0330. The van der Waals surface area contributed by atoms with Gasteiger partial charge in [0.15, 0.2) is 5.13 Å². The number of anilines is 1. The Morgan fingerprint density at radius 1 is 1.28 bits per heavy atom. The second kappa shape index (κ2) is 7.00. The second-order valence-electron chi connectivity index (χ2n) is 6.65. The third-order valence-corrected chi connectivity index (χ3v) is 5.85.